The van der Waals surface area contributed by atoms with E-state index in [1.165, 1.54) is 0 Å². The number of carbonyl (C=O) groups excluding carboxylic acids is 1. The van der Waals surface area contributed by atoms with Crippen molar-refractivity contribution in [2.24, 2.45) is 0 Å². The zero-order chi connectivity index (χ0) is 21.1. The Morgan fingerprint density at radius 1 is 1.10 bits per heavy atom. The van der Waals surface area contributed by atoms with Gasteiger partial charge >= 0.3 is 5.69 Å². The number of halogens is 2. The van der Waals surface area contributed by atoms with Gasteiger partial charge in [-0.15, -0.1) is 0 Å². The van der Waals surface area contributed by atoms with Crippen LogP contribution in [-0.4, -0.2) is 26.8 Å². The van der Waals surface area contributed by atoms with Gasteiger partial charge < -0.3 is 5.32 Å². The summed E-state index contributed by atoms with van der Waals surface area (Å²) >= 11 is 12.4. The molecule has 0 bridgehead atoms. The molecule has 0 atom stereocenters. The van der Waals surface area contributed by atoms with Crippen molar-refractivity contribution in [2.75, 3.05) is 6.54 Å². The van der Waals surface area contributed by atoms with Crippen molar-refractivity contribution in [1.29, 1.82) is 0 Å². The van der Waals surface area contributed by atoms with Gasteiger partial charge in [0, 0.05) is 16.6 Å². The molecule has 0 fully saturated rings. The molecule has 0 saturated heterocycles. The average molecular weight is 433 g/mol. The lowest BCUT2D eigenvalue weighted by atomic mass is 10.2. The molecule has 0 radical (unpaired) electrons. The van der Waals surface area contributed by atoms with Crippen LogP contribution in [0.4, 0.5) is 0 Å². The van der Waals surface area contributed by atoms with E-state index in [1.54, 1.807) is 49.4 Å². The minimum atomic E-state index is -0.796. The molecule has 9 heteroatoms. The molecule has 1 aromatic heterocycles. The summed E-state index contributed by atoms with van der Waals surface area (Å²) in [6.45, 7) is 3.74. The molecule has 3 rings (SSSR count). The second-order valence-electron chi connectivity index (χ2n) is 6.32. The predicted octanol–water partition coefficient (Wildman–Crippen LogP) is 2.81. The molecule has 0 unspecified atom stereocenters. The number of rotatable bonds is 5. The zero-order valence-corrected chi connectivity index (χ0v) is 17.3. The van der Waals surface area contributed by atoms with Gasteiger partial charge in [-0.25, -0.2) is 4.79 Å². The van der Waals surface area contributed by atoms with E-state index < -0.39 is 22.9 Å². The maximum atomic E-state index is 13.1. The standard InChI is InChI=1S/C20H18Cl2N4O3/c1-3-23-18(27)17-19(28)25(11-13-6-4-5-7-15(13)21)20(29)26(24-17)14-9-8-12(2)16(22)10-14/h4-10H,3,11H2,1-2H3,(H,23,27). The van der Waals surface area contributed by atoms with Crippen LogP contribution in [0.25, 0.3) is 5.69 Å². The first-order chi connectivity index (χ1) is 13.8. The van der Waals surface area contributed by atoms with Crippen molar-refractivity contribution < 1.29 is 4.79 Å². The Morgan fingerprint density at radius 2 is 1.83 bits per heavy atom. The number of hydrogen-bond acceptors (Lipinski definition) is 4. The number of hydrogen-bond donors (Lipinski definition) is 1. The summed E-state index contributed by atoms with van der Waals surface area (Å²) in [6, 6.07) is 11.8. The highest BCUT2D eigenvalue weighted by Gasteiger charge is 2.20. The number of nitrogens with zero attached hydrogens (tertiary/aromatic N) is 3. The van der Waals surface area contributed by atoms with E-state index in [0.29, 0.717) is 27.8 Å². The van der Waals surface area contributed by atoms with Crippen LogP contribution in [0.5, 0.6) is 0 Å². The van der Waals surface area contributed by atoms with Crippen molar-refractivity contribution in [2.45, 2.75) is 20.4 Å². The molecule has 7 nitrogen and oxygen atoms in total. The summed E-state index contributed by atoms with van der Waals surface area (Å²) in [5, 5.41) is 7.40. The Balaban J connectivity index is 2.26. The summed E-state index contributed by atoms with van der Waals surface area (Å²) in [5.41, 5.74) is -0.177. The summed E-state index contributed by atoms with van der Waals surface area (Å²) in [6.07, 6.45) is 0. The van der Waals surface area contributed by atoms with Crippen LogP contribution in [0.2, 0.25) is 10.0 Å². The third kappa shape index (κ3) is 4.26. The topological polar surface area (TPSA) is 86.0 Å². The number of carbonyl (C=O) groups is 1. The molecular formula is C20H18Cl2N4O3. The van der Waals surface area contributed by atoms with Crippen LogP contribution in [0, 0.1) is 6.92 Å². The molecule has 0 aliphatic rings. The summed E-state index contributed by atoms with van der Waals surface area (Å²) in [5.74, 6) is -0.669. The molecule has 1 heterocycles. The van der Waals surface area contributed by atoms with Crippen molar-refractivity contribution >= 4 is 29.1 Å². The van der Waals surface area contributed by atoms with Crippen molar-refractivity contribution in [3.8, 4) is 5.69 Å². The molecule has 29 heavy (non-hydrogen) atoms. The lowest BCUT2D eigenvalue weighted by Crippen LogP contribution is -2.46. The molecule has 1 amide bonds. The summed E-state index contributed by atoms with van der Waals surface area (Å²) in [7, 11) is 0. The maximum Gasteiger partial charge on any atom is 0.352 e. The highest BCUT2D eigenvalue weighted by molar-refractivity contribution is 6.31. The molecule has 150 valence electrons. The van der Waals surface area contributed by atoms with Gasteiger partial charge in [0.25, 0.3) is 11.5 Å². The second-order valence-corrected chi connectivity index (χ2v) is 7.13. The zero-order valence-electron chi connectivity index (χ0n) is 15.8. The monoisotopic (exact) mass is 432 g/mol. The largest absolute Gasteiger partial charge is 0.352 e. The van der Waals surface area contributed by atoms with Crippen LogP contribution >= 0.6 is 23.2 Å². The average Bonchev–Trinajstić information content (AvgIpc) is 2.69. The Morgan fingerprint density at radius 3 is 2.48 bits per heavy atom. The summed E-state index contributed by atoms with van der Waals surface area (Å²) < 4.78 is 1.93. The molecule has 0 saturated carbocycles. The highest BCUT2D eigenvalue weighted by atomic mass is 35.5. The Hall–Kier alpha value is -2.90. The molecule has 1 N–H and O–H groups in total. The number of benzene rings is 2. The number of amides is 1. The van der Waals surface area contributed by atoms with Crippen LogP contribution in [-0.2, 0) is 6.54 Å². The van der Waals surface area contributed by atoms with Crippen LogP contribution < -0.4 is 16.6 Å². The van der Waals surface area contributed by atoms with Gasteiger partial charge in [0.2, 0.25) is 5.69 Å². The lowest BCUT2D eigenvalue weighted by molar-refractivity contribution is 0.0946. The summed E-state index contributed by atoms with van der Waals surface area (Å²) in [4.78, 5) is 38.4. The third-order valence-corrected chi connectivity index (χ3v) is 5.07. The van der Waals surface area contributed by atoms with Gasteiger partial charge in [0.1, 0.15) is 0 Å². The fourth-order valence-electron chi connectivity index (χ4n) is 2.72. The van der Waals surface area contributed by atoms with E-state index in [0.717, 1.165) is 14.8 Å². The van der Waals surface area contributed by atoms with Crippen LogP contribution in [0.3, 0.4) is 0 Å². The van der Waals surface area contributed by atoms with Crippen LogP contribution in [0.1, 0.15) is 28.5 Å². The number of nitrogens with one attached hydrogen (secondary N) is 1. The smallest absolute Gasteiger partial charge is 0.351 e. The van der Waals surface area contributed by atoms with Gasteiger partial charge in [-0.1, -0.05) is 47.5 Å². The fraction of sp³-hybridized carbons (Fsp3) is 0.200. The maximum absolute atomic E-state index is 13.1. The molecule has 0 aliphatic carbocycles. The van der Waals surface area contributed by atoms with E-state index in [9.17, 15) is 14.4 Å². The minimum Gasteiger partial charge on any atom is -0.351 e. The first-order valence-electron chi connectivity index (χ1n) is 8.85. The van der Waals surface area contributed by atoms with E-state index in [2.05, 4.69) is 10.4 Å². The van der Waals surface area contributed by atoms with Gasteiger partial charge in [-0.3, -0.25) is 14.2 Å². The Bertz CT molecular complexity index is 1200. The van der Waals surface area contributed by atoms with Crippen molar-refractivity contribution in [1.82, 2.24) is 19.7 Å². The molecular weight excluding hydrogens is 415 g/mol. The van der Waals surface area contributed by atoms with Crippen molar-refractivity contribution in [3.63, 3.8) is 0 Å². The molecule has 0 spiro atoms. The molecule has 2 aromatic carbocycles. The van der Waals surface area contributed by atoms with Gasteiger partial charge in [0.05, 0.1) is 12.2 Å². The second kappa shape index (κ2) is 8.63. The van der Waals surface area contributed by atoms with Gasteiger partial charge in [0.15, 0.2) is 0 Å². The SMILES string of the molecule is CCNC(=O)c1nn(-c2ccc(C)c(Cl)c2)c(=O)n(Cc2ccccc2Cl)c1=O. The highest BCUT2D eigenvalue weighted by Crippen LogP contribution is 2.18. The number of aryl methyl sites for hydroxylation is 1. The van der Waals surface area contributed by atoms with Gasteiger partial charge in [-0.2, -0.15) is 9.78 Å². The van der Waals surface area contributed by atoms with E-state index >= 15 is 0 Å². The molecule has 3 aromatic rings. The number of aromatic nitrogens is 3. The first kappa shape index (κ1) is 20.8. The molecule has 0 aliphatic heterocycles. The van der Waals surface area contributed by atoms with E-state index in [1.807, 2.05) is 6.92 Å². The third-order valence-electron chi connectivity index (χ3n) is 4.30. The quantitative estimate of drug-likeness (QED) is 0.671. The lowest BCUT2D eigenvalue weighted by Gasteiger charge is -2.13. The first-order valence-corrected chi connectivity index (χ1v) is 9.61. The fourth-order valence-corrected chi connectivity index (χ4v) is 3.09. The van der Waals surface area contributed by atoms with Crippen molar-refractivity contribution in [3.05, 3.63) is 90.2 Å². The predicted molar refractivity (Wildman–Crippen MR) is 112 cm³/mol. The van der Waals surface area contributed by atoms with E-state index in [-0.39, 0.29) is 6.54 Å². The Kier molecular flexibility index (Phi) is 6.20. The van der Waals surface area contributed by atoms with Crippen LogP contribution in [0.15, 0.2) is 52.1 Å². The normalized spacial score (nSPS) is 10.8. The minimum absolute atomic E-state index is 0.105. The Labute approximate surface area is 176 Å². The van der Waals surface area contributed by atoms with Gasteiger partial charge in [-0.05, 0) is 43.2 Å². The van der Waals surface area contributed by atoms with E-state index in [4.69, 9.17) is 23.2 Å².